The zero-order valence-corrected chi connectivity index (χ0v) is 15.4. The summed E-state index contributed by atoms with van der Waals surface area (Å²) in [4.78, 5) is 28.4. The molecular formula is C18H26ClN3O2. The molecule has 0 aliphatic carbocycles. The molecule has 1 heterocycles. The minimum atomic E-state index is -0.0640. The van der Waals surface area contributed by atoms with Gasteiger partial charge in [0.05, 0.1) is 0 Å². The van der Waals surface area contributed by atoms with Crippen molar-refractivity contribution in [2.24, 2.45) is 5.92 Å². The Balaban J connectivity index is 1.88. The highest BCUT2D eigenvalue weighted by molar-refractivity contribution is 6.31. The van der Waals surface area contributed by atoms with Gasteiger partial charge in [-0.15, -0.1) is 0 Å². The maximum Gasteiger partial charge on any atom is 0.319 e. The third-order valence-corrected chi connectivity index (χ3v) is 5.02. The molecule has 1 aromatic carbocycles. The molecule has 1 N–H and O–H groups in total. The first-order chi connectivity index (χ1) is 11.5. The van der Waals surface area contributed by atoms with Crippen LogP contribution < -0.4 is 5.32 Å². The van der Waals surface area contributed by atoms with Gasteiger partial charge in [-0.25, -0.2) is 4.79 Å². The third-order valence-electron chi connectivity index (χ3n) is 4.61. The molecule has 0 atom stereocenters. The van der Waals surface area contributed by atoms with Gasteiger partial charge in [0.25, 0.3) is 0 Å². The van der Waals surface area contributed by atoms with Crippen LogP contribution in [0.4, 0.5) is 10.5 Å². The fraction of sp³-hybridized carbons (Fsp3) is 0.556. The van der Waals surface area contributed by atoms with E-state index < -0.39 is 0 Å². The number of rotatable bonds is 4. The number of aryl methyl sites for hydroxylation is 1. The van der Waals surface area contributed by atoms with Gasteiger partial charge in [-0.2, -0.15) is 0 Å². The van der Waals surface area contributed by atoms with Crippen LogP contribution in [-0.4, -0.2) is 47.9 Å². The van der Waals surface area contributed by atoms with Crippen LogP contribution in [0.15, 0.2) is 18.2 Å². The van der Waals surface area contributed by atoms with E-state index in [0.717, 1.165) is 11.3 Å². The van der Waals surface area contributed by atoms with Gasteiger partial charge in [0, 0.05) is 42.8 Å². The number of hydrogen-bond acceptors (Lipinski definition) is 2. The lowest BCUT2D eigenvalue weighted by atomic mass is 9.96. The molecule has 3 amide bonds. The fourth-order valence-corrected chi connectivity index (χ4v) is 3.12. The molecule has 0 aromatic heterocycles. The highest BCUT2D eigenvalue weighted by Crippen LogP contribution is 2.23. The molecular weight excluding hydrogens is 326 g/mol. The summed E-state index contributed by atoms with van der Waals surface area (Å²) in [6, 6.07) is 5.60. The molecule has 0 saturated carbocycles. The van der Waals surface area contributed by atoms with Crippen LogP contribution >= 0.6 is 11.6 Å². The normalized spacial score (nSPS) is 15.2. The Labute approximate surface area is 149 Å². The van der Waals surface area contributed by atoms with Gasteiger partial charge in [-0.05, 0) is 51.3 Å². The molecule has 2 rings (SSSR count). The van der Waals surface area contributed by atoms with Gasteiger partial charge >= 0.3 is 6.03 Å². The van der Waals surface area contributed by atoms with Crippen molar-refractivity contribution >= 4 is 29.2 Å². The van der Waals surface area contributed by atoms with E-state index in [0.29, 0.717) is 44.0 Å². The predicted molar refractivity (Wildman–Crippen MR) is 97.4 cm³/mol. The molecule has 1 aliphatic heterocycles. The smallest absolute Gasteiger partial charge is 0.319 e. The number of carbonyl (C=O) groups excluding carboxylic acids is 2. The highest BCUT2D eigenvalue weighted by atomic mass is 35.5. The predicted octanol–water partition coefficient (Wildman–Crippen LogP) is 3.76. The van der Waals surface area contributed by atoms with E-state index in [1.165, 1.54) is 0 Å². The number of likely N-dealkylation sites (tertiary alicyclic amines) is 1. The number of piperidine rings is 1. The van der Waals surface area contributed by atoms with Gasteiger partial charge in [0.2, 0.25) is 5.91 Å². The van der Waals surface area contributed by atoms with Crippen molar-refractivity contribution in [3.63, 3.8) is 0 Å². The lowest BCUT2D eigenvalue weighted by Gasteiger charge is -2.34. The summed E-state index contributed by atoms with van der Waals surface area (Å²) in [5.41, 5.74) is 1.70. The van der Waals surface area contributed by atoms with Crippen molar-refractivity contribution < 1.29 is 9.59 Å². The number of anilines is 1. The summed E-state index contributed by atoms with van der Waals surface area (Å²) >= 11 is 6.09. The standard InChI is InChI=1S/C18H26ClN3O2/c1-4-21(5-2)18(24)22-10-8-14(9-11-22)17(23)20-15-7-6-13(3)16(19)12-15/h6-7,12,14H,4-5,8-11H2,1-3H3,(H,20,23). The van der Waals surface area contributed by atoms with Crippen LogP contribution in [0, 0.1) is 12.8 Å². The Hall–Kier alpha value is -1.75. The Morgan fingerprint density at radius 2 is 1.88 bits per heavy atom. The largest absolute Gasteiger partial charge is 0.326 e. The number of urea groups is 1. The molecule has 0 bridgehead atoms. The maximum atomic E-state index is 12.4. The molecule has 24 heavy (non-hydrogen) atoms. The number of carbonyl (C=O) groups is 2. The van der Waals surface area contributed by atoms with Crippen LogP contribution in [0.1, 0.15) is 32.3 Å². The summed E-state index contributed by atoms with van der Waals surface area (Å²) in [6.45, 7) is 8.57. The van der Waals surface area contributed by atoms with E-state index in [9.17, 15) is 9.59 Å². The Morgan fingerprint density at radius 3 is 2.42 bits per heavy atom. The average molecular weight is 352 g/mol. The number of nitrogens with one attached hydrogen (secondary N) is 1. The topological polar surface area (TPSA) is 52.7 Å². The fourth-order valence-electron chi connectivity index (χ4n) is 2.94. The zero-order chi connectivity index (χ0) is 17.7. The van der Waals surface area contributed by atoms with Crippen LogP contribution in [-0.2, 0) is 4.79 Å². The van der Waals surface area contributed by atoms with Crippen molar-refractivity contribution in [3.8, 4) is 0 Å². The number of amides is 3. The Morgan fingerprint density at radius 1 is 1.25 bits per heavy atom. The molecule has 0 radical (unpaired) electrons. The third kappa shape index (κ3) is 4.41. The average Bonchev–Trinajstić information content (AvgIpc) is 2.59. The molecule has 1 saturated heterocycles. The quantitative estimate of drug-likeness (QED) is 0.897. The van der Waals surface area contributed by atoms with E-state index in [4.69, 9.17) is 11.6 Å². The number of nitrogens with zero attached hydrogens (tertiary/aromatic N) is 2. The van der Waals surface area contributed by atoms with Crippen LogP contribution in [0.3, 0.4) is 0 Å². The van der Waals surface area contributed by atoms with Gasteiger partial charge in [-0.3, -0.25) is 4.79 Å². The van der Waals surface area contributed by atoms with Crippen LogP contribution in [0.25, 0.3) is 0 Å². The number of hydrogen-bond donors (Lipinski definition) is 1. The van der Waals surface area contributed by atoms with E-state index >= 15 is 0 Å². The van der Waals surface area contributed by atoms with Crippen molar-refractivity contribution in [2.45, 2.75) is 33.6 Å². The van der Waals surface area contributed by atoms with Crippen LogP contribution in [0.2, 0.25) is 5.02 Å². The minimum absolute atomic E-state index is 0.00450. The number of benzene rings is 1. The molecule has 1 fully saturated rings. The SMILES string of the molecule is CCN(CC)C(=O)N1CCC(C(=O)Nc2ccc(C)c(Cl)c2)CC1. The molecule has 0 spiro atoms. The lowest BCUT2D eigenvalue weighted by molar-refractivity contribution is -0.121. The first kappa shape index (κ1) is 18.6. The minimum Gasteiger partial charge on any atom is -0.326 e. The molecule has 0 unspecified atom stereocenters. The Bertz CT molecular complexity index is 594. The highest BCUT2D eigenvalue weighted by Gasteiger charge is 2.28. The zero-order valence-electron chi connectivity index (χ0n) is 14.6. The summed E-state index contributed by atoms with van der Waals surface area (Å²) in [7, 11) is 0. The maximum absolute atomic E-state index is 12.4. The lowest BCUT2D eigenvalue weighted by Crippen LogP contribution is -2.47. The molecule has 5 nitrogen and oxygen atoms in total. The van der Waals surface area contributed by atoms with E-state index in [-0.39, 0.29) is 17.9 Å². The molecule has 132 valence electrons. The Kier molecular flexibility index (Phi) is 6.49. The van der Waals surface area contributed by atoms with Gasteiger partial charge in [-0.1, -0.05) is 17.7 Å². The second-order valence-electron chi connectivity index (χ2n) is 6.17. The van der Waals surface area contributed by atoms with E-state index in [1.54, 1.807) is 6.07 Å². The van der Waals surface area contributed by atoms with Crippen molar-refractivity contribution in [1.29, 1.82) is 0 Å². The van der Waals surface area contributed by atoms with Crippen molar-refractivity contribution in [1.82, 2.24) is 9.80 Å². The second-order valence-corrected chi connectivity index (χ2v) is 6.58. The summed E-state index contributed by atoms with van der Waals surface area (Å²) in [5, 5.41) is 3.58. The molecule has 6 heteroatoms. The summed E-state index contributed by atoms with van der Waals surface area (Å²) < 4.78 is 0. The first-order valence-corrected chi connectivity index (χ1v) is 8.94. The van der Waals surface area contributed by atoms with Crippen molar-refractivity contribution in [3.05, 3.63) is 28.8 Å². The molecule has 1 aromatic rings. The van der Waals surface area contributed by atoms with Gasteiger partial charge < -0.3 is 15.1 Å². The number of halogens is 1. The van der Waals surface area contributed by atoms with E-state index in [2.05, 4.69) is 5.32 Å². The van der Waals surface area contributed by atoms with Crippen LogP contribution in [0.5, 0.6) is 0 Å². The van der Waals surface area contributed by atoms with E-state index in [1.807, 2.05) is 42.7 Å². The monoisotopic (exact) mass is 351 g/mol. The van der Waals surface area contributed by atoms with Gasteiger partial charge in [0.15, 0.2) is 0 Å². The second kappa shape index (κ2) is 8.38. The van der Waals surface area contributed by atoms with Crippen molar-refractivity contribution in [2.75, 3.05) is 31.5 Å². The summed E-state index contributed by atoms with van der Waals surface area (Å²) in [6.07, 6.45) is 1.39. The molecule has 1 aliphatic rings. The first-order valence-electron chi connectivity index (χ1n) is 8.57. The summed E-state index contributed by atoms with van der Waals surface area (Å²) in [5.74, 6) is -0.0595. The van der Waals surface area contributed by atoms with Gasteiger partial charge in [0.1, 0.15) is 0 Å².